The Balaban J connectivity index is 1.37. The Kier molecular flexibility index (Phi) is 7.76. The molecule has 2 aliphatic heterocycles. The van der Waals surface area contributed by atoms with Crippen LogP contribution in [0.3, 0.4) is 0 Å². The predicted octanol–water partition coefficient (Wildman–Crippen LogP) is 6.80. The zero-order valence-corrected chi connectivity index (χ0v) is 20.7. The Morgan fingerprint density at radius 2 is 1.68 bits per heavy atom. The van der Waals surface area contributed by atoms with Crippen LogP contribution < -0.4 is 9.80 Å². The molecule has 0 aliphatic carbocycles. The number of hydrogen-bond donors (Lipinski definition) is 0. The van der Waals surface area contributed by atoms with Crippen LogP contribution in [0, 0.1) is 46.6 Å². The topological polar surface area (TPSA) is 30.3 Å². The van der Waals surface area contributed by atoms with Crippen molar-refractivity contribution < 1.29 is 8.78 Å². The van der Waals surface area contributed by atoms with Crippen molar-refractivity contribution in [2.24, 2.45) is 23.7 Å². The second-order valence-electron chi connectivity index (χ2n) is 10.7. The van der Waals surface area contributed by atoms with E-state index in [0.29, 0.717) is 29.4 Å². The van der Waals surface area contributed by atoms with Gasteiger partial charge in [-0.05, 0) is 85.6 Å². The number of nitrogens with zero attached hydrogens (tertiary/aromatic N) is 3. The first-order valence-electron chi connectivity index (χ1n) is 12.8. The van der Waals surface area contributed by atoms with Gasteiger partial charge in [-0.25, -0.2) is 8.78 Å². The van der Waals surface area contributed by atoms with Gasteiger partial charge in [0, 0.05) is 32.2 Å². The Morgan fingerprint density at radius 3 is 2.38 bits per heavy atom. The fourth-order valence-corrected chi connectivity index (χ4v) is 5.82. The van der Waals surface area contributed by atoms with E-state index in [1.807, 2.05) is 4.90 Å². The highest BCUT2D eigenvalue weighted by Crippen LogP contribution is 2.33. The van der Waals surface area contributed by atoms with Gasteiger partial charge >= 0.3 is 0 Å². The first-order chi connectivity index (χ1) is 16.4. The molecule has 3 nitrogen and oxygen atoms in total. The molecule has 0 amide bonds. The molecule has 5 heteroatoms. The Hall–Kier alpha value is -2.61. The number of rotatable bonds is 6. The molecule has 2 unspecified atom stereocenters. The summed E-state index contributed by atoms with van der Waals surface area (Å²) in [7, 11) is 0. The largest absolute Gasteiger partial charge is 0.370 e. The normalized spacial score (nSPS) is 20.4. The van der Waals surface area contributed by atoms with E-state index >= 15 is 0 Å². The van der Waals surface area contributed by atoms with E-state index in [9.17, 15) is 14.0 Å². The predicted molar refractivity (Wildman–Crippen MR) is 135 cm³/mol. The minimum Gasteiger partial charge on any atom is -0.370 e. The molecular formula is C29H37F2N3. The fourth-order valence-electron chi connectivity index (χ4n) is 5.82. The lowest BCUT2D eigenvalue weighted by Crippen LogP contribution is -2.37. The molecule has 2 fully saturated rings. The van der Waals surface area contributed by atoms with Gasteiger partial charge in [-0.2, -0.15) is 5.26 Å². The summed E-state index contributed by atoms with van der Waals surface area (Å²) in [6.45, 7) is 10.4. The zero-order valence-electron chi connectivity index (χ0n) is 20.7. The lowest BCUT2D eigenvalue weighted by molar-refractivity contribution is 0.290. The van der Waals surface area contributed by atoms with Crippen LogP contribution in [0.25, 0.3) is 0 Å². The number of hydrogen-bond acceptors (Lipinski definition) is 3. The summed E-state index contributed by atoms with van der Waals surface area (Å²) >= 11 is 0. The van der Waals surface area contributed by atoms with Gasteiger partial charge in [0.1, 0.15) is 17.7 Å². The van der Waals surface area contributed by atoms with E-state index in [4.69, 9.17) is 0 Å². The van der Waals surface area contributed by atoms with Crippen molar-refractivity contribution in [1.82, 2.24) is 0 Å². The standard InChI is InChI=1S/C29H37F2N3/c1-20(2)24-5-4-12-34(19-24)28-9-6-22(16-25(28)18-32)15-21(3)23-10-13-33(14-11-23)29-17-26(30)7-8-27(29)31/h6-9,16-17,20-21,23-24H,4-5,10-15,19H2,1-3H3. The number of anilines is 2. The first-order valence-corrected chi connectivity index (χ1v) is 12.8. The molecule has 2 atom stereocenters. The fraction of sp³-hybridized carbons (Fsp3) is 0.552. The smallest absolute Gasteiger partial charge is 0.146 e. The second kappa shape index (κ2) is 10.8. The highest BCUT2D eigenvalue weighted by Gasteiger charge is 2.27. The molecule has 0 radical (unpaired) electrons. The molecule has 2 aromatic carbocycles. The van der Waals surface area contributed by atoms with Crippen molar-refractivity contribution in [2.45, 2.75) is 52.9 Å². The Morgan fingerprint density at radius 1 is 0.912 bits per heavy atom. The van der Waals surface area contributed by atoms with Crippen molar-refractivity contribution in [1.29, 1.82) is 5.26 Å². The van der Waals surface area contributed by atoms with Crippen LogP contribution in [-0.4, -0.2) is 26.2 Å². The van der Waals surface area contributed by atoms with Crippen LogP contribution in [0.2, 0.25) is 0 Å². The van der Waals surface area contributed by atoms with E-state index in [-0.39, 0.29) is 5.82 Å². The summed E-state index contributed by atoms with van der Waals surface area (Å²) in [5.74, 6) is 1.60. The third-order valence-corrected chi connectivity index (χ3v) is 8.07. The molecule has 34 heavy (non-hydrogen) atoms. The van der Waals surface area contributed by atoms with Gasteiger partial charge < -0.3 is 9.80 Å². The molecule has 4 rings (SSSR count). The van der Waals surface area contributed by atoms with Crippen molar-refractivity contribution in [3.05, 3.63) is 59.2 Å². The van der Waals surface area contributed by atoms with E-state index in [1.165, 1.54) is 36.6 Å². The molecule has 0 saturated carbocycles. The van der Waals surface area contributed by atoms with Crippen molar-refractivity contribution in [3.63, 3.8) is 0 Å². The summed E-state index contributed by atoms with van der Waals surface area (Å²) in [5.41, 5.74) is 3.45. The summed E-state index contributed by atoms with van der Waals surface area (Å²) in [6, 6.07) is 12.6. The monoisotopic (exact) mass is 465 g/mol. The zero-order chi connectivity index (χ0) is 24.2. The van der Waals surface area contributed by atoms with E-state index in [0.717, 1.165) is 56.7 Å². The second-order valence-corrected chi connectivity index (χ2v) is 10.7. The molecule has 0 spiro atoms. The maximum absolute atomic E-state index is 14.2. The van der Waals surface area contributed by atoms with Crippen molar-refractivity contribution >= 4 is 11.4 Å². The summed E-state index contributed by atoms with van der Waals surface area (Å²) < 4.78 is 27.8. The average Bonchev–Trinajstić information content (AvgIpc) is 2.85. The third-order valence-electron chi connectivity index (χ3n) is 8.07. The Labute approximate surface area is 203 Å². The van der Waals surface area contributed by atoms with Crippen molar-refractivity contribution in [2.75, 3.05) is 36.0 Å². The quantitative estimate of drug-likeness (QED) is 0.470. The van der Waals surface area contributed by atoms with Crippen LogP contribution in [0.1, 0.15) is 57.6 Å². The molecule has 0 aromatic heterocycles. The summed E-state index contributed by atoms with van der Waals surface area (Å²) in [4.78, 5) is 4.37. The summed E-state index contributed by atoms with van der Waals surface area (Å²) in [6.07, 6.45) is 5.32. The highest BCUT2D eigenvalue weighted by molar-refractivity contribution is 5.61. The lowest BCUT2D eigenvalue weighted by atomic mass is 9.81. The van der Waals surface area contributed by atoms with Crippen molar-refractivity contribution in [3.8, 4) is 6.07 Å². The number of piperidine rings is 2. The Bertz CT molecular complexity index is 1020. The number of nitriles is 1. The molecule has 2 aromatic rings. The van der Waals surface area contributed by atoms with Crippen LogP contribution in [0.4, 0.5) is 20.2 Å². The minimum atomic E-state index is -0.395. The number of benzene rings is 2. The maximum Gasteiger partial charge on any atom is 0.146 e. The van der Waals surface area contributed by atoms with Gasteiger partial charge in [0.2, 0.25) is 0 Å². The lowest BCUT2D eigenvalue weighted by Gasteiger charge is -2.37. The molecule has 0 bridgehead atoms. The van der Waals surface area contributed by atoms with Gasteiger partial charge in [-0.1, -0.05) is 26.8 Å². The number of halogens is 2. The molecule has 2 aliphatic rings. The van der Waals surface area contributed by atoms with E-state index in [2.05, 4.69) is 49.9 Å². The van der Waals surface area contributed by atoms with Crippen LogP contribution >= 0.6 is 0 Å². The van der Waals surface area contributed by atoms with Gasteiger partial charge in [-0.15, -0.1) is 0 Å². The van der Waals surface area contributed by atoms with Crippen LogP contribution in [-0.2, 0) is 6.42 Å². The molecule has 2 saturated heterocycles. The maximum atomic E-state index is 14.2. The van der Waals surface area contributed by atoms with Crippen LogP contribution in [0.5, 0.6) is 0 Å². The summed E-state index contributed by atoms with van der Waals surface area (Å²) in [5, 5.41) is 9.87. The van der Waals surface area contributed by atoms with Gasteiger partial charge in [0.25, 0.3) is 0 Å². The molecule has 0 N–H and O–H groups in total. The van der Waals surface area contributed by atoms with Gasteiger partial charge in [0.05, 0.1) is 16.9 Å². The first kappa shape index (κ1) is 24.5. The highest BCUT2D eigenvalue weighted by atomic mass is 19.1. The van der Waals surface area contributed by atoms with Crippen LogP contribution in [0.15, 0.2) is 36.4 Å². The minimum absolute atomic E-state index is 0.356. The van der Waals surface area contributed by atoms with E-state index in [1.54, 1.807) is 0 Å². The molecular weight excluding hydrogens is 428 g/mol. The third kappa shape index (κ3) is 5.54. The average molecular weight is 466 g/mol. The molecule has 2 heterocycles. The molecule has 182 valence electrons. The van der Waals surface area contributed by atoms with Gasteiger partial charge in [0.15, 0.2) is 0 Å². The van der Waals surface area contributed by atoms with Gasteiger partial charge in [-0.3, -0.25) is 0 Å². The SMILES string of the molecule is CC(C)C1CCCN(c2ccc(CC(C)C3CCN(c4cc(F)ccc4F)CC3)cc2C#N)C1. The van der Waals surface area contributed by atoms with E-state index < -0.39 is 5.82 Å².